The van der Waals surface area contributed by atoms with Gasteiger partial charge in [0.05, 0.1) is 58.8 Å². The van der Waals surface area contributed by atoms with Gasteiger partial charge in [0.2, 0.25) is 11.7 Å². The van der Waals surface area contributed by atoms with E-state index in [-0.39, 0.29) is 23.2 Å². The summed E-state index contributed by atoms with van der Waals surface area (Å²) in [4.78, 5) is 36.5. The number of ether oxygens (including phenoxy) is 5. The van der Waals surface area contributed by atoms with Gasteiger partial charge in [-0.2, -0.15) is 0 Å². The average molecular weight is 417 g/mol. The van der Waals surface area contributed by atoms with Gasteiger partial charge < -0.3 is 29.0 Å². The molecule has 0 bridgehead atoms. The van der Waals surface area contributed by atoms with Crippen molar-refractivity contribution in [2.24, 2.45) is 0 Å². The van der Waals surface area contributed by atoms with E-state index < -0.39 is 17.8 Å². The summed E-state index contributed by atoms with van der Waals surface area (Å²) in [6.07, 6.45) is -0.0558. The molecule has 0 atom stereocenters. The molecule has 1 N–H and O–H groups in total. The zero-order valence-electron chi connectivity index (χ0n) is 17.4. The molecule has 9 heteroatoms. The second-order valence-corrected chi connectivity index (χ2v) is 6.00. The summed E-state index contributed by atoms with van der Waals surface area (Å²) in [5.41, 5.74) is 0.990. The van der Waals surface area contributed by atoms with E-state index in [1.165, 1.54) is 53.7 Å². The topological polar surface area (TPSA) is 109 Å². The van der Waals surface area contributed by atoms with Gasteiger partial charge in [-0.3, -0.25) is 4.79 Å². The summed E-state index contributed by atoms with van der Waals surface area (Å²) < 4.78 is 25.3. The molecule has 0 saturated heterocycles. The number of amides is 1. The maximum Gasteiger partial charge on any atom is 0.339 e. The van der Waals surface area contributed by atoms with Crippen molar-refractivity contribution < 1.29 is 38.1 Å². The maximum atomic E-state index is 12.7. The Balaban J connectivity index is 2.33. The molecule has 160 valence electrons. The zero-order chi connectivity index (χ0) is 22.3. The van der Waals surface area contributed by atoms with Gasteiger partial charge in [-0.25, -0.2) is 9.59 Å². The van der Waals surface area contributed by atoms with Gasteiger partial charge in [-0.1, -0.05) is 0 Å². The van der Waals surface area contributed by atoms with Crippen LogP contribution in [0.15, 0.2) is 30.3 Å². The zero-order valence-corrected chi connectivity index (χ0v) is 17.4. The van der Waals surface area contributed by atoms with Gasteiger partial charge in [-0.15, -0.1) is 0 Å². The fourth-order valence-electron chi connectivity index (χ4n) is 2.80. The Morgan fingerprint density at radius 3 is 1.90 bits per heavy atom. The van der Waals surface area contributed by atoms with E-state index in [0.717, 1.165) is 0 Å². The number of methoxy groups -OCH3 is 5. The highest BCUT2D eigenvalue weighted by Gasteiger charge is 2.19. The van der Waals surface area contributed by atoms with Crippen molar-refractivity contribution in [2.75, 3.05) is 40.9 Å². The minimum atomic E-state index is -0.658. The molecule has 0 aliphatic carbocycles. The number of hydrogen-bond donors (Lipinski definition) is 1. The first-order chi connectivity index (χ1) is 14.4. The van der Waals surface area contributed by atoms with Crippen LogP contribution in [0.25, 0.3) is 0 Å². The van der Waals surface area contributed by atoms with Crippen LogP contribution in [0, 0.1) is 0 Å². The number of benzene rings is 2. The Labute approximate surface area is 173 Å². The highest BCUT2D eigenvalue weighted by molar-refractivity contribution is 6.03. The third-order valence-corrected chi connectivity index (χ3v) is 4.21. The van der Waals surface area contributed by atoms with E-state index in [1.807, 2.05) is 0 Å². The Kier molecular flexibility index (Phi) is 7.62. The van der Waals surface area contributed by atoms with Crippen molar-refractivity contribution >= 4 is 23.5 Å². The number of carbonyl (C=O) groups excluding carboxylic acids is 3. The molecule has 2 aromatic rings. The van der Waals surface area contributed by atoms with Gasteiger partial charge in [0.25, 0.3) is 0 Å². The van der Waals surface area contributed by atoms with Gasteiger partial charge in [0.1, 0.15) is 0 Å². The Bertz CT molecular complexity index is 929. The van der Waals surface area contributed by atoms with Crippen LogP contribution in [0.5, 0.6) is 17.2 Å². The van der Waals surface area contributed by atoms with Crippen molar-refractivity contribution in [2.45, 2.75) is 6.42 Å². The van der Waals surface area contributed by atoms with Gasteiger partial charge in [0.15, 0.2) is 11.5 Å². The van der Waals surface area contributed by atoms with E-state index >= 15 is 0 Å². The van der Waals surface area contributed by atoms with Crippen LogP contribution >= 0.6 is 0 Å². The van der Waals surface area contributed by atoms with Crippen molar-refractivity contribution in [3.63, 3.8) is 0 Å². The van der Waals surface area contributed by atoms with Gasteiger partial charge in [-0.05, 0) is 35.9 Å². The van der Waals surface area contributed by atoms with Crippen LogP contribution < -0.4 is 19.5 Å². The average Bonchev–Trinajstić information content (AvgIpc) is 2.76. The van der Waals surface area contributed by atoms with Crippen LogP contribution in [0.4, 0.5) is 5.69 Å². The van der Waals surface area contributed by atoms with Gasteiger partial charge in [0, 0.05) is 0 Å². The van der Waals surface area contributed by atoms with Crippen LogP contribution in [0.1, 0.15) is 26.3 Å². The molecular weight excluding hydrogens is 394 g/mol. The van der Waals surface area contributed by atoms with Crippen molar-refractivity contribution in [1.82, 2.24) is 0 Å². The molecule has 0 radical (unpaired) electrons. The molecule has 0 aliphatic rings. The third kappa shape index (κ3) is 4.99. The van der Waals surface area contributed by atoms with E-state index in [9.17, 15) is 14.4 Å². The first-order valence-corrected chi connectivity index (χ1v) is 8.77. The molecule has 0 aliphatic heterocycles. The maximum absolute atomic E-state index is 12.7. The Hall–Kier alpha value is -3.75. The van der Waals surface area contributed by atoms with E-state index in [4.69, 9.17) is 18.9 Å². The van der Waals surface area contributed by atoms with Crippen LogP contribution in [0.3, 0.4) is 0 Å². The van der Waals surface area contributed by atoms with E-state index in [0.29, 0.717) is 22.8 Å². The van der Waals surface area contributed by atoms with Crippen molar-refractivity contribution in [3.05, 3.63) is 47.0 Å². The molecule has 0 heterocycles. The summed E-state index contributed by atoms with van der Waals surface area (Å²) in [5, 5.41) is 2.64. The van der Waals surface area contributed by atoms with Crippen molar-refractivity contribution in [1.29, 1.82) is 0 Å². The standard InChI is InChI=1S/C21H23NO8/c1-26-16-8-12(9-17(27-2)19(16)28-3)10-18(23)22-15-11-13(20(24)29-4)6-7-14(15)21(25)30-5/h6-9,11H,10H2,1-5H3,(H,22,23). The molecule has 0 fully saturated rings. The largest absolute Gasteiger partial charge is 0.493 e. The quantitative estimate of drug-likeness (QED) is 0.653. The molecule has 2 rings (SSSR count). The number of nitrogens with one attached hydrogen (secondary N) is 1. The number of rotatable bonds is 8. The highest BCUT2D eigenvalue weighted by atomic mass is 16.5. The number of anilines is 1. The van der Waals surface area contributed by atoms with Crippen LogP contribution in [0.2, 0.25) is 0 Å². The lowest BCUT2D eigenvalue weighted by Crippen LogP contribution is -2.18. The molecular formula is C21H23NO8. The lowest BCUT2D eigenvalue weighted by Gasteiger charge is -2.15. The second-order valence-electron chi connectivity index (χ2n) is 6.00. The number of hydrogen-bond acceptors (Lipinski definition) is 8. The Morgan fingerprint density at radius 1 is 0.800 bits per heavy atom. The summed E-state index contributed by atoms with van der Waals surface area (Å²) in [6.45, 7) is 0. The predicted octanol–water partition coefficient (Wildman–Crippen LogP) is 2.47. The molecule has 30 heavy (non-hydrogen) atoms. The summed E-state index contributed by atoms with van der Waals surface area (Å²) in [6, 6.07) is 7.44. The minimum absolute atomic E-state index is 0.0558. The first kappa shape index (κ1) is 22.5. The number of esters is 2. The molecule has 9 nitrogen and oxygen atoms in total. The lowest BCUT2D eigenvalue weighted by molar-refractivity contribution is -0.115. The highest BCUT2D eigenvalue weighted by Crippen LogP contribution is 2.38. The Morgan fingerprint density at radius 2 is 1.40 bits per heavy atom. The van der Waals surface area contributed by atoms with Crippen LogP contribution in [-0.2, 0) is 20.7 Å². The third-order valence-electron chi connectivity index (χ3n) is 4.21. The molecule has 0 spiro atoms. The van der Waals surface area contributed by atoms with Crippen molar-refractivity contribution in [3.8, 4) is 17.2 Å². The molecule has 0 aromatic heterocycles. The summed E-state index contributed by atoms with van der Waals surface area (Å²) in [5.74, 6) is -0.481. The number of carbonyl (C=O) groups is 3. The SMILES string of the molecule is COC(=O)c1ccc(C(=O)OC)c(NC(=O)Cc2cc(OC)c(OC)c(OC)c2)c1. The summed E-state index contributed by atoms with van der Waals surface area (Å²) >= 11 is 0. The fraction of sp³-hybridized carbons (Fsp3) is 0.286. The van der Waals surface area contributed by atoms with E-state index in [1.54, 1.807) is 12.1 Å². The smallest absolute Gasteiger partial charge is 0.339 e. The minimum Gasteiger partial charge on any atom is -0.493 e. The molecule has 2 aromatic carbocycles. The van der Waals surface area contributed by atoms with Crippen LogP contribution in [-0.4, -0.2) is 53.4 Å². The first-order valence-electron chi connectivity index (χ1n) is 8.77. The molecule has 0 unspecified atom stereocenters. The predicted molar refractivity (Wildman–Crippen MR) is 108 cm³/mol. The molecule has 1 amide bonds. The normalized spacial score (nSPS) is 10.0. The van der Waals surface area contributed by atoms with Gasteiger partial charge >= 0.3 is 11.9 Å². The lowest BCUT2D eigenvalue weighted by atomic mass is 10.1. The summed E-state index contributed by atoms with van der Waals surface area (Å²) in [7, 11) is 6.89. The second kappa shape index (κ2) is 10.1. The van der Waals surface area contributed by atoms with E-state index in [2.05, 4.69) is 10.1 Å². The fourth-order valence-corrected chi connectivity index (χ4v) is 2.80. The molecule has 0 saturated carbocycles. The monoisotopic (exact) mass is 417 g/mol.